The summed E-state index contributed by atoms with van der Waals surface area (Å²) in [6.07, 6.45) is 5.86. The number of para-hydroxylation sites is 1. The van der Waals surface area contributed by atoms with Crippen molar-refractivity contribution in [3.63, 3.8) is 0 Å². The van der Waals surface area contributed by atoms with Crippen molar-refractivity contribution in [1.29, 1.82) is 0 Å². The summed E-state index contributed by atoms with van der Waals surface area (Å²) >= 11 is 0. The Labute approximate surface area is 110 Å². The van der Waals surface area contributed by atoms with Crippen molar-refractivity contribution in [2.75, 3.05) is 6.26 Å². The van der Waals surface area contributed by atoms with E-state index in [0.29, 0.717) is 16.1 Å². The topological polar surface area (TPSA) is 64.8 Å². The summed E-state index contributed by atoms with van der Waals surface area (Å²) in [7, 11) is -3.28. The summed E-state index contributed by atoms with van der Waals surface area (Å²) in [6, 6.07) is 9.08. The fourth-order valence-corrected chi connectivity index (χ4v) is 2.93. The molecular formula is C13H11N3O2S. The van der Waals surface area contributed by atoms with Crippen molar-refractivity contribution in [3.8, 4) is 5.82 Å². The van der Waals surface area contributed by atoms with Gasteiger partial charge < -0.3 is 0 Å². The number of aromatic nitrogens is 3. The summed E-state index contributed by atoms with van der Waals surface area (Å²) in [5.74, 6) is 0.640. The molecule has 0 bridgehead atoms. The predicted molar refractivity (Wildman–Crippen MR) is 72.0 cm³/mol. The Bertz CT molecular complexity index is 839. The first-order valence-electron chi connectivity index (χ1n) is 5.64. The van der Waals surface area contributed by atoms with Crippen LogP contribution in [0.2, 0.25) is 0 Å². The van der Waals surface area contributed by atoms with E-state index in [1.807, 2.05) is 18.2 Å². The van der Waals surface area contributed by atoms with Crippen LogP contribution in [0.5, 0.6) is 0 Å². The molecule has 2 heterocycles. The van der Waals surface area contributed by atoms with Crippen LogP contribution in [0.1, 0.15) is 0 Å². The van der Waals surface area contributed by atoms with Gasteiger partial charge in [0.1, 0.15) is 12.1 Å². The molecule has 2 aromatic heterocycles. The Kier molecular flexibility index (Phi) is 2.60. The molecule has 3 rings (SSSR count). The van der Waals surface area contributed by atoms with Crippen LogP contribution in [0.4, 0.5) is 0 Å². The van der Waals surface area contributed by atoms with Crippen LogP contribution in [-0.2, 0) is 9.84 Å². The minimum Gasteiger partial charge on any atom is -0.300 e. The number of benzene rings is 1. The molecule has 0 saturated carbocycles. The highest BCUT2D eigenvalue weighted by atomic mass is 32.2. The molecule has 0 radical (unpaired) electrons. The minimum atomic E-state index is -3.28. The maximum absolute atomic E-state index is 11.8. The van der Waals surface area contributed by atoms with E-state index >= 15 is 0 Å². The Balaban J connectivity index is 2.39. The average Bonchev–Trinajstić information content (AvgIpc) is 2.79. The van der Waals surface area contributed by atoms with E-state index in [1.165, 1.54) is 12.6 Å². The average molecular weight is 273 g/mol. The predicted octanol–water partition coefficient (Wildman–Crippen LogP) is 1.82. The number of fused-ring (bicyclic) bond motifs is 1. The highest BCUT2D eigenvalue weighted by molar-refractivity contribution is 7.91. The van der Waals surface area contributed by atoms with Crippen molar-refractivity contribution in [1.82, 2.24) is 14.5 Å². The highest BCUT2D eigenvalue weighted by Crippen LogP contribution is 2.27. The molecule has 5 nitrogen and oxygen atoms in total. The zero-order valence-electron chi connectivity index (χ0n) is 10.2. The third kappa shape index (κ3) is 2.00. The molecule has 0 fully saturated rings. The van der Waals surface area contributed by atoms with Crippen LogP contribution in [-0.4, -0.2) is 29.2 Å². The summed E-state index contributed by atoms with van der Waals surface area (Å²) in [5, 5.41) is 0.698. The van der Waals surface area contributed by atoms with Gasteiger partial charge in [-0.1, -0.05) is 18.2 Å². The Hall–Kier alpha value is -2.21. The molecular weight excluding hydrogens is 262 g/mol. The maximum atomic E-state index is 11.8. The van der Waals surface area contributed by atoms with Crippen LogP contribution in [0.25, 0.3) is 16.7 Å². The van der Waals surface area contributed by atoms with E-state index in [0.717, 1.165) is 5.52 Å². The van der Waals surface area contributed by atoms with Gasteiger partial charge in [-0.25, -0.2) is 18.4 Å². The number of nitrogens with zero attached hydrogens (tertiary/aromatic N) is 3. The monoisotopic (exact) mass is 273 g/mol. The van der Waals surface area contributed by atoms with Gasteiger partial charge in [-0.2, -0.15) is 0 Å². The second-order valence-corrected chi connectivity index (χ2v) is 6.20. The molecule has 0 atom stereocenters. The molecule has 0 saturated heterocycles. The Morgan fingerprint density at radius 1 is 1.16 bits per heavy atom. The van der Waals surface area contributed by atoms with Crippen LogP contribution in [0.15, 0.2) is 53.9 Å². The molecule has 0 unspecified atom stereocenters. The lowest BCUT2D eigenvalue weighted by atomic mass is 10.2. The first-order chi connectivity index (χ1) is 9.07. The van der Waals surface area contributed by atoms with E-state index in [9.17, 15) is 8.42 Å². The van der Waals surface area contributed by atoms with Gasteiger partial charge in [0.2, 0.25) is 0 Å². The standard InChI is InChI=1S/C13H11N3O2S/c1-19(17,18)12-8-16(13-6-7-14-9-15-13)11-5-3-2-4-10(11)12/h2-9H,1H3. The van der Waals surface area contributed by atoms with Gasteiger partial charge >= 0.3 is 0 Å². The van der Waals surface area contributed by atoms with Crippen molar-refractivity contribution >= 4 is 20.7 Å². The SMILES string of the molecule is CS(=O)(=O)c1cn(-c2ccncn2)c2ccccc12. The summed E-state index contributed by atoms with van der Waals surface area (Å²) in [6.45, 7) is 0. The first-order valence-corrected chi connectivity index (χ1v) is 7.53. The lowest BCUT2D eigenvalue weighted by Crippen LogP contribution is -1.97. The van der Waals surface area contributed by atoms with E-state index in [1.54, 1.807) is 29.1 Å². The summed E-state index contributed by atoms with van der Waals surface area (Å²) in [5.41, 5.74) is 0.807. The molecule has 6 heteroatoms. The van der Waals surface area contributed by atoms with Gasteiger partial charge in [0.15, 0.2) is 9.84 Å². The van der Waals surface area contributed by atoms with Crippen LogP contribution in [0.3, 0.4) is 0 Å². The van der Waals surface area contributed by atoms with E-state index in [-0.39, 0.29) is 0 Å². The number of hydrogen-bond donors (Lipinski definition) is 0. The fraction of sp³-hybridized carbons (Fsp3) is 0.0769. The first kappa shape index (κ1) is 11.9. The van der Waals surface area contributed by atoms with Crippen LogP contribution < -0.4 is 0 Å². The van der Waals surface area contributed by atoms with Gasteiger partial charge in [0.25, 0.3) is 0 Å². The Morgan fingerprint density at radius 3 is 2.63 bits per heavy atom. The lowest BCUT2D eigenvalue weighted by molar-refractivity contribution is 0.602. The zero-order chi connectivity index (χ0) is 13.5. The molecule has 0 aliphatic heterocycles. The molecule has 3 aromatic rings. The van der Waals surface area contributed by atoms with Crippen molar-refractivity contribution in [3.05, 3.63) is 49.1 Å². The molecule has 0 spiro atoms. The molecule has 96 valence electrons. The number of hydrogen-bond acceptors (Lipinski definition) is 4. The third-order valence-corrected chi connectivity index (χ3v) is 4.01. The van der Waals surface area contributed by atoms with E-state index < -0.39 is 9.84 Å². The van der Waals surface area contributed by atoms with Crippen molar-refractivity contribution in [2.45, 2.75) is 4.90 Å². The highest BCUT2D eigenvalue weighted by Gasteiger charge is 2.17. The maximum Gasteiger partial charge on any atom is 0.177 e. The van der Waals surface area contributed by atoms with E-state index in [4.69, 9.17) is 0 Å². The van der Waals surface area contributed by atoms with Crippen molar-refractivity contribution < 1.29 is 8.42 Å². The molecule has 19 heavy (non-hydrogen) atoms. The molecule has 0 aliphatic rings. The van der Waals surface area contributed by atoms with E-state index in [2.05, 4.69) is 9.97 Å². The van der Waals surface area contributed by atoms with Crippen LogP contribution in [0, 0.1) is 0 Å². The lowest BCUT2D eigenvalue weighted by Gasteiger charge is -2.02. The molecule has 0 amide bonds. The molecule has 0 N–H and O–H groups in total. The van der Waals surface area contributed by atoms with Gasteiger partial charge in [-0.15, -0.1) is 0 Å². The van der Waals surface area contributed by atoms with Crippen LogP contribution >= 0.6 is 0 Å². The number of rotatable bonds is 2. The smallest absolute Gasteiger partial charge is 0.177 e. The van der Waals surface area contributed by atoms with Gasteiger partial charge in [-0.3, -0.25) is 4.57 Å². The normalized spacial score (nSPS) is 11.8. The Morgan fingerprint density at radius 2 is 1.95 bits per heavy atom. The number of sulfone groups is 1. The summed E-state index contributed by atoms with van der Waals surface area (Å²) < 4.78 is 25.4. The third-order valence-electron chi connectivity index (χ3n) is 2.89. The largest absolute Gasteiger partial charge is 0.300 e. The summed E-state index contributed by atoms with van der Waals surface area (Å²) in [4.78, 5) is 8.32. The second kappa shape index (κ2) is 4.17. The molecule has 1 aromatic carbocycles. The van der Waals surface area contributed by atoms with Gasteiger partial charge in [0, 0.05) is 24.0 Å². The second-order valence-electron chi connectivity index (χ2n) is 4.22. The van der Waals surface area contributed by atoms with Gasteiger partial charge in [-0.05, 0) is 12.1 Å². The van der Waals surface area contributed by atoms with Crippen molar-refractivity contribution in [2.24, 2.45) is 0 Å². The van der Waals surface area contributed by atoms with Gasteiger partial charge in [0.05, 0.1) is 10.4 Å². The zero-order valence-corrected chi connectivity index (χ0v) is 11.0. The fourth-order valence-electron chi connectivity index (χ4n) is 2.06. The minimum absolute atomic E-state index is 0.307. The quantitative estimate of drug-likeness (QED) is 0.714. The molecule has 0 aliphatic carbocycles.